The third kappa shape index (κ3) is 8.01. The number of aliphatic carboxylic acids is 4. The molecule has 0 saturated heterocycles. The van der Waals surface area contributed by atoms with E-state index in [1.807, 2.05) is 0 Å². The normalized spacial score (nSPS) is 12.9. The zero-order valence-corrected chi connectivity index (χ0v) is 11.4. The van der Waals surface area contributed by atoms with Gasteiger partial charge in [0.2, 0.25) is 0 Å². The van der Waals surface area contributed by atoms with Crippen molar-refractivity contribution in [3.63, 3.8) is 0 Å². The largest absolute Gasteiger partial charge is 0.481 e. The van der Waals surface area contributed by atoms with Crippen LogP contribution >= 0.6 is 0 Å². The molecule has 0 aromatic heterocycles. The Hall–Kier alpha value is -1.16. The summed E-state index contributed by atoms with van der Waals surface area (Å²) in [6, 6.07) is 0. The van der Waals surface area contributed by atoms with Crippen molar-refractivity contribution in [2.45, 2.75) is 25.0 Å². The maximum Gasteiger partial charge on any atom is 0.333 e. The van der Waals surface area contributed by atoms with Crippen LogP contribution in [-0.2, 0) is 23.9 Å². The van der Waals surface area contributed by atoms with Crippen molar-refractivity contribution < 1.29 is 44.3 Å². The number of carboxylic acids is 4. The predicted molar refractivity (Wildman–Crippen MR) is 54.2 cm³/mol. The summed E-state index contributed by atoms with van der Waals surface area (Å²) in [5, 5.41) is 33.8. The van der Waals surface area contributed by atoms with Crippen molar-refractivity contribution in [3.8, 4) is 0 Å². The van der Waals surface area contributed by atoms with Crippen molar-refractivity contribution >= 4 is 53.4 Å². The maximum atomic E-state index is 10.6. The summed E-state index contributed by atoms with van der Waals surface area (Å²) in [4.78, 5) is 41.7. The molecule has 0 heterocycles. The smallest absolute Gasteiger partial charge is 0.333 e. The number of carboxylic acid groups (broad SMARTS) is 4. The van der Waals surface area contributed by atoms with Crippen LogP contribution in [0.5, 0.6) is 0 Å². The molecule has 0 saturated carbocycles. The molecule has 0 spiro atoms. The first kappa shape index (κ1) is 19.2. The van der Waals surface area contributed by atoms with E-state index in [2.05, 4.69) is 4.74 Å². The van der Waals surface area contributed by atoms with Crippen LogP contribution in [0.1, 0.15) is 12.8 Å². The summed E-state index contributed by atoms with van der Waals surface area (Å²) in [6.45, 7) is 0. The third-order valence-electron chi connectivity index (χ3n) is 1.60. The zero-order valence-electron chi connectivity index (χ0n) is 9.40. The van der Waals surface area contributed by atoms with Gasteiger partial charge in [0, 0.05) is 29.6 Å². The predicted octanol–water partition coefficient (Wildman–Crippen LogP) is -1.52. The van der Waals surface area contributed by atoms with Crippen LogP contribution in [0.15, 0.2) is 0 Å². The number of hydrogen-bond donors (Lipinski definition) is 4. The first-order valence-corrected chi connectivity index (χ1v) is 4.28. The summed E-state index contributed by atoms with van der Waals surface area (Å²) in [7, 11) is 0. The monoisotopic (exact) mass is 273 g/mol. The summed E-state index contributed by atoms with van der Waals surface area (Å²) in [5.41, 5.74) is 0. The van der Waals surface area contributed by atoms with Crippen molar-refractivity contribution in [3.05, 3.63) is 0 Å². The van der Waals surface area contributed by atoms with Gasteiger partial charge in [-0.3, -0.25) is 9.59 Å². The maximum absolute atomic E-state index is 10.6. The summed E-state index contributed by atoms with van der Waals surface area (Å²) in [6.07, 6.45) is -5.74. The van der Waals surface area contributed by atoms with E-state index in [0.29, 0.717) is 0 Å². The Bertz CT molecular complexity index is 307. The Labute approximate surface area is 123 Å². The van der Waals surface area contributed by atoms with E-state index < -0.39 is 48.9 Å². The minimum absolute atomic E-state index is 0. The molecule has 0 aromatic rings. The molecule has 0 rings (SSSR count). The van der Waals surface area contributed by atoms with E-state index in [9.17, 15) is 19.2 Å². The molecular weight excluding hydrogens is 263 g/mol. The SMILES string of the molecule is O=C(O)CC(OC(CC(=O)O)C(=O)O)C(=O)O.[Na]. The first-order valence-electron chi connectivity index (χ1n) is 4.28. The van der Waals surface area contributed by atoms with Gasteiger partial charge >= 0.3 is 23.9 Å². The topological polar surface area (TPSA) is 158 Å². The zero-order chi connectivity index (χ0) is 13.6. The fraction of sp³-hybridized carbons (Fsp3) is 0.500. The van der Waals surface area contributed by atoms with Crippen LogP contribution in [0.3, 0.4) is 0 Å². The van der Waals surface area contributed by atoms with Crippen LogP contribution in [0.25, 0.3) is 0 Å². The number of ether oxygens (including phenoxy) is 1. The third-order valence-corrected chi connectivity index (χ3v) is 1.60. The molecular formula is C8H10NaO9. The second-order valence-corrected chi connectivity index (χ2v) is 2.99. The van der Waals surface area contributed by atoms with E-state index in [1.54, 1.807) is 0 Å². The van der Waals surface area contributed by atoms with Crippen LogP contribution in [-0.4, -0.2) is 86.1 Å². The first-order chi connectivity index (χ1) is 7.73. The number of carbonyl (C=O) groups is 4. The minimum atomic E-state index is -1.91. The van der Waals surface area contributed by atoms with Crippen molar-refractivity contribution in [2.24, 2.45) is 0 Å². The van der Waals surface area contributed by atoms with E-state index in [0.717, 1.165) is 0 Å². The average molecular weight is 273 g/mol. The fourth-order valence-electron chi connectivity index (χ4n) is 0.903. The van der Waals surface area contributed by atoms with Gasteiger partial charge in [-0.25, -0.2) is 9.59 Å². The Kier molecular flexibility index (Phi) is 9.45. The second kappa shape index (κ2) is 8.86. The van der Waals surface area contributed by atoms with Gasteiger partial charge in [-0.2, -0.15) is 0 Å². The molecule has 0 aliphatic heterocycles. The van der Waals surface area contributed by atoms with E-state index in [4.69, 9.17) is 20.4 Å². The van der Waals surface area contributed by atoms with Crippen molar-refractivity contribution in [1.82, 2.24) is 0 Å². The molecule has 10 heteroatoms. The molecule has 0 aliphatic carbocycles. The quantitative estimate of drug-likeness (QED) is 0.385. The molecule has 1 radical (unpaired) electrons. The Morgan fingerprint density at radius 1 is 0.778 bits per heavy atom. The Morgan fingerprint density at radius 3 is 1.22 bits per heavy atom. The van der Waals surface area contributed by atoms with Crippen molar-refractivity contribution in [1.29, 1.82) is 0 Å². The average Bonchev–Trinajstić information content (AvgIpc) is 2.13. The van der Waals surface area contributed by atoms with E-state index in [-0.39, 0.29) is 29.6 Å². The van der Waals surface area contributed by atoms with Gasteiger partial charge in [-0.15, -0.1) is 0 Å². The van der Waals surface area contributed by atoms with E-state index in [1.165, 1.54) is 0 Å². The van der Waals surface area contributed by atoms with E-state index >= 15 is 0 Å². The Balaban J connectivity index is 0. The van der Waals surface area contributed by atoms with Gasteiger partial charge in [-0.1, -0.05) is 0 Å². The standard InChI is InChI=1S/C8H10O9.Na/c9-5(10)1-3(7(13)14)17-4(8(15)16)2-6(11)12;/h3-4H,1-2H2,(H,9,10)(H,11,12)(H,13,14)(H,15,16);. The van der Waals surface area contributed by atoms with Gasteiger partial charge in [0.15, 0.2) is 12.2 Å². The molecule has 2 unspecified atom stereocenters. The molecule has 0 amide bonds. The number of hydrogen-bond acceptors (Lipinski definition) is 5. The molecule has 18 heavy (non-hydrogen) atoms. The summed E-state index contributed by atoms with van der Waals surface area (Å²) >= 11 is 0. The number of rotatable bonds is 8. The van der Waals surface area contributed by atoms with Gasteiger partial charge in [0.25, 0.3) is 0 Å². The van der Waals surface area contributed by atoms with Crippen LogP contribution in [0.4, 0.5) is 0 Å². The van der Waals surface area contributed by atoms with Gasteiger partial charge in [-0.05, 0) is 0 Å². The molecule has 2 atom stereocenters. The molecule has 4 N–H and O–H groups in total. The van der Waals surface area contributed by atoms with Gasteiger partial charge in [0.1, 0.15) is 0 Å². The molecule has 97 valence electrons. The molecule has 0 bridgehead atoms. The minimum Gasteiger partial charge on any atom is -0.481 e. The molecule has 0 fully saturated rings. The summed E-state index contributed by atoms with van der Waals surface area (Å²) < 4.78 is 4.43. The van der Waals surface area contributed by atoms with Gasteiger partial charge in [0.05, 0.1) is 12.8 Å². The molecule has 9 nitrogen and oxygen atoms in total. The fourth-order valence-corrected chi connectivity index (χ4v) is 0.903. The second-order valence-electron chi connectivity index (χ2n) is 2.99. The van der Waals surface area contributed by atoms with Crippen LogP contribution in [0.2, 0.25) is 0 Å². The molecule has 0 aromatic carbocycles. The summed E-state index contributed by atoms with van der Waals surface area (Å²) in [5.74, 6) is -6.36. The van der Waals surface area contributed by atoms with Crippen LogP contribution in [0, 0.1) is 0 Å². The van der Waals surface area contributed by atoms with Gasteiger partial charge < -0.3 is 25.2 Å². The molecule has 0 aliphatic rings. The van der Waals surface area contributed by atoms with Crippen molar-refractivity contribution in [2.75, 3.05) is 0 Å². The Morgan fingerprint density at radius 2 is 1.06 bits per heavy atom. The van der Waals surface area contributed by atoms with Crippen LogP contribution < -0.4 is 0 Å².